The van der Waals surface area contributed by atoms with E-state index < -0.39 is 0 Å². The van der Waals surface area contributed by atoms with Crippen LogP contribution in [-0.2, 0) is 4.79 Å². The van der Waals surface area contributed by atoms with Crippen LogP contribution in [0.1, 0.15) is 18.5 Å². The fourth-order valence-corrected chi connectivity index (χ4v) is 3.77. The second-order valence-corrected chi connectivity index (χ2v) is 7.86. The smallest absolute Gasteiger partial charge is 0.321 e. The van der Waals surface area contributed by atoms with E-state index in [1.165, 1.54) is 6.07 Å². The molecule has 0 saturated carbocycles. The number of nitrogens with one attached hydrogen (secondary N) is 3. The normalized spacial score (nSPS) is 14.1. The summed E-state index contributed by atoms with van der Waals surface area (Å²) in [5, 5.41) is 5.84. The van der Waals surface area contributed by atoms with Crippen molar-refractivity contribution >= 4 is 23.3 Å². The number of aromatic nitrogens is 2. The van der Waals surface area contributed by atoms with Crippen LogP contribution in [0.3, 0.4) is 0 Å². The number of carbonyl (C=O) groups excluding carboxylic acids is 2. The van der Waals surface area contributed by atoms with Crippen molar-refractivity contribution in [3.8, 4) is 11.4 Å². The van der Waals surface area contributed by atoms with Crippen molar-refractivity contribution in [1.82, 2.24) is 14.9 Å². The van der Waals surface area contributed by atoms with Gasteiger partial charge in [-0.2, -0.15) is 0 Å². The lowest BCUT2D eigenvalue weighted by atomic mass is 9.96. The number of anilines is 2. The maximum Gasteiger partial charge on any atom is 0.321 e. The number of urea groups is 1. The lowest BCUT2D eigenvalue weighted by Gasteiger charge is -2.31. The molecule has 8 heteroatoms. The molecular formula is C24H25N5O3. The minimum atomic E-state index is -0.218. The first-order valence-electron chi connectivity index (χ1n) is 10.6. The third kappa shape index (κ3) is 5.21. The number of nitrogens with zero attached hydrogens (tertiary/aromatic N) is 2. The molecule has 0 bridgehead atoms. The van der Waals surface area contributed by atoms with Crippen molar-refractivity contribution in [2.45, 2.75) is 19.8 Å². The van der Waals surface area contributed by atoms with Crippen molar-refractivity contribution in [2.75, 3.05) is 23.7 Å². The zero-order valence-corrected chi connectivity index (χ0v) is 17.8. The number of hydrogen-bond donors (Lipinski definition) is 3. The molecule has 1 aliphatic heterocycles. The Balaban J connectivity index is 1.34. The Labute approximate surface area is 185 Å². The summed E-state index contributed by atoms with van der Waals surface area (Å²) >= 11 is 0. The molecule has 1 aromatic heterocycles. The topological polar surface area (TPSA) is 107 Å². The number of amides is 3. The van der Waals surface area contributed by atoms with Crippen LogP contribution >= 0.6 is 0 Å². The minimum absolute atomic E-state index is 0.0732. The average Bonchev–Trinajstić information content (AvgIpc) is 2.79. The molecule has 0 unspecified atom stereocenters. The highest BCUT2D eigenvalue weighted by Crippen LogP contribution is 2.23. The van der Waals surface area contributed by atoms with E-state index in [-0.39, 0.29) is 23.4 Å². The van der Waals surface area contributed by atoms with E-state index >= 15 is 0 Å². The summed E-state index contributed by atoms with van der Waals surface area (Å²) in [5.74, 6) is 0.219. The highest BCUT2D eigenvalue weighted by Gasteiger charge is 2.27. The molecule has 0 spiro atoms. The van der Waals surface area contributed by atoms with E-state index in [9.17, 15) is 14.4 Å². The highest BCUT2D eigenvalue weighted by atomic mass is 16.2. The van der Waals surface area contributed by atoms with Gasteiger partial charge in [-0.15, -0.1) is 0 Å². The Morgan fingerprint density at radius 1 is 0.969 bits per heavy atom. The van der Waals surface area contributed by atoms with Crippen LogP contribution in [0.15, 0.2) is 65.5 Å². The minimum Gasteiger partial charge on any atom is -0.326 e. The number of aromatic amines is 1. The van der Waals surface area contributed by atoms with Gasteiger partial charge in [0.15, 0.2) is 0 Å². The maximum atomic E-state index is 12.8. The van der Waals surface area contributed by atoms with Crippen molar-refractivity contribution in [3.63, 3.8) is 0 Å². The number of H-pyrrole nitrogens is 1. The van der Waals surface area contributed by atoms with Crippen LogP contribution in [-0.4, -0.2) is 39.9 Å². The van der Waals surface area contributed by atoms with Gasteiger partial charge in [-0.25, -0.2) is 9.78 Å². The number of aryl methyl sites for hydroxylation is 1. The van der Waals surface area contributed by atoms with Crippen molar-refractivity contribution in [1.29, 1.82) is 0 Å². The monoisotopic (exact) mass is 431 g/mol. The molecular weight excluding hydrogens is 406 g/mol. The number of likely N-dealkylation sites (tertiary alicyclic amines) is 1. The summed E-state index contributed by atoms with van der Waals surface area (Å²) in [5.41, 5.74) is 2.52. The van der Waals surface area contributed by atoms with Gasteiger partial charge in [0.05, 0.1) is 0 Å². The van der Waals surface area contributed by atoms with Crippen LogP contribution in [0.4, 0.5) is 16.2 Å². The quantitative estimate of drug-likeness (QED) is 0.586. The molecule has 1 aliphatic rings. The number of hydrogen-bond acceptors (Lipinski definition) is 4. The molecule has 0 aliphatic carbocycles. The molecule has 0 radical (unpaired) electrons. The molecule has 32 heavy (non-hydrogen) atoms. The number of benzene rings is 2. The van der Waals surface area contributed by atoms with Gasteiger partial charge in [0.1, 0.15) is 5.82 Å². The van der Waals surface area contributed by atoms with Gasteiger partial charge in [0.2, 0.25) is 5.91 Å². The van der Waals surface area contributed by atoms with Crippen LogP contribution in [0.2, 0.25) is 0 Å². The Morgan fingerprint density at radius 3 is 2.41 bits per heavy atom. The van der Waals surface area contributed by atoms with Crippen LogP contribution in [0.5, 0.6) is 0 Å². The summed E-state index contributed by atoms with van der Waals surface area (Å²) in [6.07, 6.45) is 1.20. The molecule has 1 fully saturated rings. The number of rotatable bonds is 4. The van der Waals surface area contributed by atoms with Crippen LogP contribution in [0.25, 0.3) is 11.4 Å². The summed E-state index contributed by atoms with van der Waals surface area (Å²) in [7, 11) is 0. The maximum absolute atomic E-state index is 12.8. The molecule has 164 valence electrons. The predicted octanol–water partition coefficient (Wildman–Crippen LogP) is 3.63. The molecule has 2 heterocycles. The van der Waals surface area contributed by atoms with Gasteiger partial charge in [0, 0.05) is 47.7 Å². The zero-order chi connectivity index (χ0) is 22.5. The van der Waals surface area contributed by atoms with Gasteiger partial charge >= 0.3 is 6.03 Å². The highest BCUT2D eigenvalue weighted by molar-refractivity contribution is 5.93. The Bertz CT molecular complexity index is 1170. The van der Waals surface area contributed by atoms with Gasteiger partial charge < -0.3 is 20.5 Å². The lowest BCUT2D eigenvalue weighted by Crippen LogP contribution is -2.43. The van der Waals surface area contributed by atoms with E-state index in [4.69, 9.17) is 0 Å². The molecule has 1 saturated heterocycles. The second kappa shape index (κ2) is 9.47. The largest absolute Gasteiger partial charge is 0.326 e. The van der Waals surface area contributed by atoms with Crippen LogP contribution < -0.4 is 16.2 Å². The lowest BCUT2D eigenvalue weighted by molar-refractivity contribution is -0.121. The van der Waals surface area contributed by atoms with Gasteiger partial charge in [-0.1, -0.05) is 30.3 Å². The molecule has 0 atom stereocenters. The van der Waals surface area contributed by atoms with Crippen molar-refractivity contribution in [3.05, 3.63) is 76.7 Å². The van der Waals surface area contributed by atoms with E-state index in [1.807, 2.05) is 42.5 Å². The van der Waals surface area contributed by atoms with Gasteiger partial charge in [0.25, 0.3) is 5.56 Å². The molecule has 3 amide bonds. The van der Waals surface area contributed by atoms with E-state index in [2.05, 4.69) is 20.6 Å². The summed E-state index contributed by atoms with van der Waals surface area (Å²) in [6, 6.07) is 17.8. The third-order valence-electron chi connectivity index (χ3n) is 5.45. The number of carbonyl (C=O) groups is 2. The van der Waals surface area contributed by atoms with Gasteiger partial charge in [-0.05, 0) is 44.0 Å². The fraction of sp³-hybridized carbons (Fsp3) is 0.250. The Hall–Kier alpha value is -3.94. The first-order valence-corrected chi connectivity index (χ1v) is 10.6. The molecule has 3 N–H and O–H groups in total. The Kier molecular flexibility index (Phi) is 6.30. The third-order valence-corrected chi connectivity index (χ3v) is 5.45. The summed E-state index contributed by atoms with van der Waals surface area (Å²) in [4.78, 5) is 45.8. The summed E-state index contributed by atoms with van der Waals surface area (Å²) < 4.78 is 0. The molecule has 2 aromatic carbocycles. The SMILES string of the molecule is Cc1cc(=O)[nH]c(-c2cccc(NC(=O)C3CCN(C(=O)Nc4ccccc4)CC3)c2)n1. The average molecular weight is 431 g/mol. The first-order chi connectivity index (χ1) is 15.5. The van der Waals surface area contributed by atoms with Crippen molar-refractivity contribution < 1.29 is 9.59 Å². The van der Waals surface area contributed by atoms with E-state index in [0.717, 1.165) is 11.3 Å². The van der Waals surface area contributed by atoms with E-state index in [0.29, 0.717) is 43.1 Å². The fourth-order valence-electron chi connectivity index (χ4n) is 3.77. The standard InChI is InChI=1S/C24H25N5O3/c1-16-14-21(30)28-22(25-16)18-6-5-9-20(15-18)26-23(31)17-10-12-29(13-11-17)24(32)27-19-7-3-2-4-8-19/h2-9,14-15,17H,10-13H2,1H3,(H,26,31)(H,27,32)(H,25,28,30). The van der Waals surface area contributed by atoms with Gasteiger partial charge in [-0.3, -0.25) is 9.59 Å². The zero-order valence-electron chi connectivity index (χ0n) is 17.8. The second-order valence-electron chi connectivity index (χ2n) is 7.86. The first kappa shape index (κ1) is 21.3. The Morgan fingerprint density at radius 2 is 1.69 bits per heavy atom. The molecule has 8 nitrogen and oxygen atoms in total. The molecule has 3 aromatic rings. The van der Waals surface area contributed by atoms with E-state index in [1.54, 1.807) is 24.0 Å². The van der Waals surface area contributed by atoms with Crippen molar-refractivity contribution in [2.24, 2.45) is 5.92 Å². The summed E-state index contributed by atoms with van der Waals surface area (Å²) in [6.45, 7) is 2.80. The predicted molar refractivity (Wildman–Crippen MR) is 123 cm³/mol. The number of piperidine rings is 1. The molecule has 4 rings (SSSR count). The number of para-hydroxylation sites is 1. The van der Waals surface area contributed by atoms with Crippen LogP contribution in [0, 0.1) is 12.8 Å².